The Hall–Kier alpha value is -2.06. The molecule has 0 aliphatic carbocycles. The van der Waals surface area contributed by atoms with Crippen LogP contribution in [0.2, 0.25) is 0 Å². The summed E-state index contributed by atoms with van der Waals surface area (Å²) in [5.74, 6) is 0. The molecule has 0 aromatic carbocycles. The highest BCUT2D eigenvalue weighted by molar-refractivity contribution is 7.10. The van der Waals surface area contributed by atoms with E-state index in [2.05, 4.69) is 17.6 Å². The minimum absolute atomic E-state index is 0.155. The van der Waals surface area contributed by atoms with Crippen LogP contribution in [0.15, 0.2) is 35.0 Å². The van der Waals surface area contributed by atoms with Crippen molar-refractivity contribution in [2.75, 3.05) is 6.61 Å². The van der Waals surface area contributed by atoms with Gasteiger partial charge in [-0.25, -0.2) is 9.59 Å². The lowest BCUT2D eigenvalue weighted by atomic mass is 10.1. The van der Waals surface area contributed by atoms with Gasteiger partial charge in [0, 0.05) is 15.3 Å². The third-order valence-electron chi connectivity index (χ3n) is 4.25. The lowest BCUT2D eigenvalue weighted by Crippen LogP contribution is -2.51. The predicted molar refractivity (Wildman–Crippen MR) is 124 cm³/mol. The largest absolute Gasteiger partial charge is 0.447 e. The van der Waals surface area contributed by atoms with Crippen LogP contribution in [0.4, 0.5) is 9.59 Å². The molecular formula is C22H33N3O3S2. The van der Waals surface area contributed by atoms with Crippen LogP contribution in [0.3, 0.4) is 0 Å². The smallest absolute Gasteiger partial charge is 0.410 e. The molecule has 0 saturated carbocycles. The van der Waals surface area contributed by atoms with Crippen molar-refractivity contribution in [1.29, 1.82) is 0 Å². The van der Waals surface area contributed by atoms with Crippen molar-refractivity contribution < 1.29 is 14.3 Å². The number of nitrogens with zero attached hydrogens (tertiary/aromatic N) is 1. The summed E-state index contributed by atoms with van der Waals surface area (Å²) in [5, 5.41) is 9.85. The molecule has 1 atom stereocenters. The topological polar surface area (TPSA) is 70.7 Å². The van der Waals surface area contributed by atoms with E-state index in [1.165, 1.54) is 0 Å². The standard InChI is InChI=1S/C22H33N3O3S2/c1-5-6-9-17(23-20(26)24-22(2,3)4)16-28-21(27)25(14-18-10-7-12-29-18)15-19-11-8-13-30-19/h7-8,10-13,17H,5-6,9,14-16H2,1-4H3,(H2,23,24,26). The van der Waals surface area contributed by atoms with E-state index in [1.54, 1.807) is 27.6 Å². The Kier molecular flexibility index (Phi) is 9.65. The molecule has 6 nitrogen and oxygen atoms in total. The lowest BCUT2D eigenvalue weighted by molar-refractivity contribution is 0.0879. The van der Waals surface area contributed by atoms with Gasteiger partial charge in [-0.15, -0.1) is 22.7 Å². The fraction of sp³-hybridized carbons (Fsp3) is 0.545. The molecular weight excluding hydrogens is 418 g/mol. The second-order valence-electron chi connectivity index (χ2n) is 8.28. The van der Waals surface area contributed by atoms with Gasteiger partial charge >= 0.3 is 12.1 Å². The van der Waals surface area contributed by atoms with Gasteiger partial charge in [0.25, 0.3) is 0 Å². The second kappa shape index (κ2) is 12.0. The molecule has 0 aliphatic heterocycles. The molecule has 2 aromatic rings. The molecule has 2 aromatic heterocycles. The van der Waals surface area contributed by atoms with Gasteiger partial charge in [-0.2, -0.15) is 0 Å². The molecule has 30 heavy (non-hydrogen) atoms. The van der Waals surface area contributed by atoms with Crippen LogP contribution in [-0.4, -0.2) is 35.2 Å². The highest BCUT2D eigenvalue weighted by atomic mass is 32.1. The Bertz CT molecular complexity index is 719. The van der Waals surface area contributed by atoms with Gasteiger partial charge in [-0.3, -0.25) is 4.90 Å². The maximum absolute atomic E-state index is 12.9. The van der Waals surface area contributed by atoms with Gasteiger partial charge < -0.3 is 15.4 Å². The highest BCUT2D eigenvalue weighted by Crippen LogP contribution is 2.18. The lowest BCUT2D eigenvalue weighted by Gasteiger charge is -2.26. The number of carbonyl (C=O) groups excluding carboxylic acids is 2. The summed E-state index contributed by atoms with van der Waals surface area (Å²) in [7, 11) is 0. The number of hydrogen-bond acceptors (Lipinski definition) is 5. The van der Waals surface area contributed by atoms with Crippen LogP contribution in [0.1, 0.15) is 56.7 Å². The van der Waals surface area contributed by atoms with Gasteiger partial charge in [-0.05, 0) is 50.1 Å². The normalized spacial score (nSPS) is 12.3. The molecule has 2 N–H and O–H groups in total. The molecule has 8 heteroatoms. The third-order valence-corrected chi connectivity index (χ3v) is 5.97. The van der Waals surface area contributed by atoms with Crippen molar-refractivity contribution in [2.24, 2.45) is 0 Å². The first-order chi connectivity index (χ1) is 14.3. The Morgan fingerprint density at radius 1 is 1.10 bits per heavy atom. The van der Waals surface area contributed by atoms with E-state index < -0.39 is 0 Å². The molecule has 2 heterocycles. The Morgan fingerprint density at radius 3 is 2.17 bits per heavy atom. The summed E-state index contributed by atoms with van der Waals surface area (Å²) in [5.41, 5.74) is -0.325. The van der Waals surface area contributed by atoms with Crippen molar-refractivity contribution in [2.45, 2.75) is 71.6 Å². The zero-order valence-electron chi connectivity index (χ0n) is 18.3. The number of ether oxygens (including phenoxy) is 1. The third kappa shape index (κ3) is 9.17. The second-order valence-corrected chi connectivity index (χ2v) is 10.3. The van der Waals surface area contributed by atoms with Crippen molar-refractivity contribution in [3.63, 3.8) is 0 Å². The summed E-state index contributed by atoms with van der Waals surface area (Å²) in [6.07, 6.45) is 2.36. The van der Waals surface area contributed by atoms with Crippen LogP contribution in [0.25, 0.3) is 0 Å². The van der Waals surface area contributed by atoms with Crippen molar-refractivity contribution in [1.82, 2.24) is 15.5 Å². The zero-order chi connectivity index (χ0) is 22.0. The van der Waals surface area contributed by atoms with Crippen molar-refractivity contribution in [3.05, 3.63) is 44.8 Å². The van der Waals surface area contributed by atoms with Crippen LogP contribution >= 0.6 is 22.7 Å². The Morgan fingerprint density at radius 2 is 1.70 bits per heavy atom. The van der Waals surface area contributed by atoms with Crippen LogP contribution in [0.5, 0.6) is 0 Å². The van der Waals surface area contributed by atoms with E-state index >= 15 is 0 Å². The van der Waals surface area contributed by atoms with Crippen LogP contribution in [-0.2, 0) is 17.8 Å². The first kappa shape index (κ1) is 24.2. The quantitative estimate of drug-likeness (QED) is 0.494. The number of rotatable bonds is 10. The van der Waals surface area contributed by atoms with Crippen molar-refractivity contribution >= 4 is 34.8 Å². The zero-order valence-corrected chi connectivity index (χ0v) is 19.9. The number of thiophene rings is 2. The van der Waals surface area contributed by atoms with E-state index in [4.69, 9.17) is 4.74 Å². The monoisotopic (exact) mass is 451 g/mol. The van der Waals surface area contributed by atoms with E-state index in [-0.39, 0.29) is 30.3 Å². The number of hydrogen-bond donors (Lipinski definition) is 2. The summed E-state index contributed by atoms with van der Waals surface area (Å²) in [6.45, 7) is 9.06. The van der Waals surface area contributed by atoms with E-state index in [0.29, 0.717) is 13.1 Å². The van der Waals surface area contributed by atoms with Crippen molar-refractivity contribution in [3.8, 4) is 0 Å². The summed E-state index contributed by atoms with van der Waals surface area (Å²) >= 11 is 3.24. The molecule has 0 aliphatic rings. The first-order valence-electron chi connectivity index (χ1n) is 10.3. The molecule has 0 spiro atoms. The number of unbranched alkanes of at least 4 members (excludes halogenated alkanes) is 1. The average Bonchev–Trinajstić information content (AvgIpc) is 3.35. The van der Waals surface area contributed by atoms with Crippen LogP contribution < -0.4 is 10.6 Å². The molecule has 0 bridgehead atoms. The fourth-order valence-corrected chi connectivity index (χ4v) is 4.28. The average molecular weight is 452 g/mol. The molecule has 0 fully saturated rings. The summed E-state index contributed by atoms with van der Waals surface area (Å²) in [6, 6.07) is 7.53. The Balaban J connectivity index is 1.97. The van der Waals surface area contributed by atoms with E-state index in [1.807, 2.05) is 55.8 Å². The number of urea groups is 1. The molecule has 166 valence electrons. The molecule has 0 saturated heterocycles. The Labute approximate surface area is 187 Å². The molecule has 2 rings (SSSR count). The fourth-order valence-electron chi connectivity index (χ4n) is 2.84. The van der Waals surface area contributed by atoms with Gasteiger partial charge in [0.1, 0.15) is 6.61 Å². The highest BCUT2D eigenvalue weighted by Gasteiger charge is 2.21. The maximum Gasteiger partial charge on any atom is 0.410 e. The SMILES string of the molecule is CCCCC(COC(=O)N(Cc1cccs1)Cc1cccs1)NC(=O)NC(C)(C)C. The van der Waals surface area contributed by atoms with E-state index in [9.17, 15) is 9.59 Å². The van der Waals surface area contributed by atoms with Gasteiger partial charge in [-0.1, -0.05) is 31.9 Å². The first-order valence-corrected chi connectivity index (χ1v) is 12.1. The van der Waals surface area contributed by atoms with Crippen LogP contribution in [0, 0.1) is 0 Å². The minimum Gasteiger partial charge on any atom is -0.447 e. The van der Waals surface area contributed by atoms with Gasteiger partial charge in [0.05, 0.1) is 19.1 Å². The maximum atomic E-state index is 12.9. The van der Waals surface area contributed by atoms with Gasteiger partial charge in [0.2, 0.25) is 0 Å². The summed E-state index contributed by atoms with van der Waals surface area (Å²) in [4.78, 5) is 29.1. The summed E-state index contributed by atoms with van der Waals surface area (Å²) < 4.78 is 5.65. The number of amides is 3. The minimum atomic E-state index is -0.365. The molecule has 1 unspecified atom stereocenters. The molecule has 0 radical (unpaired) electrons. The van der Waals surface area contributed by atoms with Gasteiger partial charge in [0.15, 0.2) is 0 Å². The number of nitrogens with one attached hydrogen (secondary N) is 2. The number of carbonyl (C=O) groups is 2. The molecule has 3 amide bonds. The van der Waals surface area contributed by atoms with E-state index in [0.717, 1.165) is 29.0 Å². The predicted octanol–water partition coefficient (Wildman–Crippen LogP) is 5.60.